The molecule has 124 valence electrons. The number of likely N-dealkylation sites (tertiary alicyclic amines) is 1. The highest BCUT2D eigenvalue weighted by Crippen LogP contribution is 2.28. The van der Waals surface area contributed by atoms with E-state index in [1.54, 1.807) is 14.2 Å². The van der Waals surface area contributed by atoms with E-state index in [0.29, 0.717) is 32.1 Å². The Morgan fingerprint density at radius 3 is 2.74 bits per heavy atom. The number of aromatic nitrogens is 2. The van der Waals surface area contributed by atoms with Crippen molar-refractivity contribution in [1.82, 2.24) is 20.2 Å². The molecular weight excluding hydrogens is 298 g/mol. The van der Waals surface area contributed by atoms with Crippen molar-refractivity contribution in [3.63, 3.8) is 0 Å². The van der Waals surface area contributed by atoms with E-state index in [2.05, 4.69) is 20.2 Å². The summed E-state index contributed by atoms with van der Waals surface area (Å²) in [5.41, 5.74) is 0.840. The highest BCUT2D eigenvalue weighted by molar-refractivity contribution is 5.89. The fourth-order valence-corrected chi connectivity index (χ4v) is 3.08. The molecule has 0 radical (unpaired) electrons. The van der Waals surface area contributed by atoms with Crippen molar-refractivity contribution < 1.29 is 14.3 Å². The monoisotopic (exact) mass is 319 g/mol. The molecule has 3 heterocycles. The van der Waals surface area contributed by atoms with Crippen molar-refractivity contribution in [2.45, 2.75) is 19.4 Å². The average molecular weight is 319 g/mol. The maximum atomic E-state index is 12.1. The molecule has 1 aromatic rings. The minimum Gasteiger partial charge on any atom is -0.467 e. The highest BCUT2D eigenvalue weighted by Gasteiger charge is 2.42. The van der Waals surface area contributed by atoms with Gasteiger partial charge in [-0.1, -0.05) is 0 Å². The lowest BCUT2D eigenvalue weighted by molar-refractivity contribution is -0.130. The van der Waals surface area contributed by atoms with Crippen LogP contribution in [0.5, 0.6) is 6.01 Å². The van der Waals surface area contributed by atoms with E-state index in [4.69, 9.17) is 4.74 Å². The van der Waals surface area contributed by atoms with Crippen LogP contribution in [0.1, 0.15) is 12.1 Å². The van der Waals surface area contributed by atoms with E-state index in [-0.39, 0.29) is 23.8 Å². The van der Waals surface area contributed by atoms with Crippen LogP contribution in [0, 0.1) is 12.8 Å². The molecule has 0 saturated carbocycles. The molecule has 2 aliphatic rings. The molecule has 2 amide bonds. The maximum Gasteiger partial charge on any atom is 0.318 e. The molecule has 1 atom stereocenters. The van der Waals surface area contributed by atoms with Crippen LogP contribution in [0.15, 0.2) is 6.07 Å². The Kier molecular flexibility index (Phi) is 4.06. The fraction of sp³-hybridized carbons (Fsp3) is 0.600. The summed E-state index contributed by atoms with van der Waals surface area (Å²) in [5.74, 6) is 0.566. The number of aryl methyl sites for hydroxylation is 1. The number of carbonyl (C=O) groups excluding carboxylic acids is 2. The molecule has 0 aliphatic carbocycles. The first kappa shape index (κ1) is 15.5. The molecule has 1 aromatic heterocycles. The third-order valence-electron chi connectivity index (χ3n) is 4.41. The van der Waals surface area contributed by atoms with Crippen LogP contribution < -0.4 is 15.0 Å². The molecule has 0 aromatic carbocycles. The lowest BCUT2D eigenvalue weighted by atomic mass is 10.1. The number of carbonyl (C=O) groups is 2. The molecule has 0 bridgehead atoms. The molecule has 2 fully saturated rings. The van der Waals surface area contributed by atoms with Gasteiger partial charge >= 0.3 is 6.01 Å². The zero-order chi connectivity index (χ0) is 16.6. The zero-order valence-corrected chi connectivity index (χ0v) is 13.6. The second-order valence-corrected chi connectivity index (χ2v) is 5.97. The number of rotatable bonds is 4. The van der Waals surface area contributed by atoms with Gasteiger partial charge in [0.1, 0.15) is 5.82 Å². The topological polar surface area (TPSA) is 87.7 Å². The van der Waals surface area contributed by atoms with Crippen molar-refractivity contribution in [2.24, 2.45) is 5.92 Å². The molecule has 0 spiro atoms. The molecule has 8 nitrogen and oxygen atoms in total. The lowest BCUT2D eigenvalue weighted by Crippen LogP contribution is -2.60. The normalized spacial score (nSPS) is 21.3. The van der Waals surface area contributed by atoms with Crippen molar-refractivity contribution in [3.05, 3.63) is 11.8 Å². The summed E-state index contributed by atoms with van der Waals surface area (Å²) in [6, 6.07) is 2.39. The summed E-state index contributed by atoms with van der Waals surface area (Å²) in [5, 5.41) is 2.62. The van der Waals surface area contributed by atoms with Crippen molar-refractivity contribution >= 4 is 17.6 Å². The van der Waals surface area contributed by atoms with Crippen LogP contribution in [0.4, 0.5) is 5.82 Å². The van der Waals surface area contributed by atoms with Gasteiger partial charge in [-0.05, 0) is 6.92 Å². The Morgan fingerprint density at radius 1 is 1.35 bits per heavy atom. The lowest BCUT2D eigenvalue weighted by Gasteiger charge is -2.44. The number of nitrogens with zero attached hydrogens (tertiary/aromatic N) is 4. The molecule has 8 heteroatoms. The minimum absolute atomic E-state index is 0.0553. The van der Waals surface area contributed by atoms with E-state index < -0.39 is 0 Å². The molecule has 2 saturated heterocycles. The molecular formula is C15H21N5O3. The van der Waals surface area contributed by atoms with Gasteiger partial charge in [-0.15, -0.1) is 0 Å². The van der Waals surface area contributed by atoms with E-state index >= 15 is 0 Å². The number of methoxy groups -OCH3 is 1. The first-order valence-corrected chi connectivity index (χ1v) is 7.67. The largest absolute Gasteiger partial charge is 0.467 e. The Hall–Kier alpha value is -2.38. The molecule has 1 N–H and O–H groups in total. The Labute approximate surface area is 134 Å². The predicted octanol–water partition coefficient (Wildman–Crippen LogP) is -0.423. The summed E-state index contributed by atoms with van der Waals surface area (Å²) in [6.07, 6.45) is 0.302. The maximum absolute atomic E-state index is 12.1. The van der Waals surface area contributed by atoms with Crippen molar-refractivity contribution in [3.8, 4) is 6.01 Å². The Balaban J connectivity index is 1.62. The summed E-state index contributed by atoms with van der Waals surface area (Å²) in [7, 11) is 3.14. The van der Waals surface area contributed by atoms with Crippen LogP contribution in [0.3, 0.4) is 0 Å². The fourth-order valence-electron chi connectivity index (χ4n) is 3.08. The SMILES string of the molecule is CNC(=O)C1CC(=O)N(C2CN(c3cc(C)nc(OC)n3)C2)C1. The quantitative estimate of drug-likeness (QED) is 0.811. The average Bonchev–Trinajstić information content (AvgIpc) is 2.86. The molecule has 1 unspecified atom stereocenters. The van der Waals surface area contributed by atoms with Gasteiger partial charge in [0.05, 0.1) is 19.1 Å². The van der Waals surface area contributed by atoms with Gasteiger partial charge in [0.15, 0.2) is 0 Å². The van der Waals surface area contributed by atoms with Gasteiger partial charge < -0.3 is 19.9 Å². The number of nitrogens with one attached hydrogen (secondary N) is 1. The van der Waals surface area contributed by atoms with Gasteiger partial charge in [0.2, 0.25) is 11.8 Å². The third-order valence-corrected chi connectivity index (χ3v) is 4.41. The van der Waals surface area contributed by atoms with Gasteiger partial charge in [-0.3, -0.25) is 9.59 Å². The molecule has 3 rings (SSSR count). The molecule has 2 aliphatic heterocycles. The predicted molar refractivity (Wildman–Crippen MR) is 83.2 cm³/mol. The summed E-state index contributed by atoms with van der Waals surface area (Å²) >= 11 is 0. The highest BCUT2D eigenvalue weighted by atomic mass is 16.5. The number of hydrogen-bond donors (Lipinski definition) is 1. The van der Waals surface area contributed by atoms with Crippen LogP contribution >= 0.6 is 0 Å². The number of ether oxygens (including phenoxy) is 1. The van der Waals surface area contributed by atoms with Gasteiger partial charge in [0.25, 0.3) is 0 Å². The second-order valence-electron chi connectivity index (χ2n) is 5.97. The van der Waals surface area contributed by atoms with E-state index in [1.807, 2.05) is 17.9 Å². The Bertz CT molecular complexity index is 630. The van der Waals surface area contributed by atoms with E-state index in [1.165, 1.54) is 0 Å². The van der Waals surface area contributed by atoms with Crippen LogP contribution in [-0.4, -0.2) is 66.5 Å². The first-order chi connectivity index (χ1) is 11.0. The van der Waals surface area contributed by atoms with Crippen LogP contribution in [0.25, 0.3) is 0 Å². The zero-order valence-electron chi connectivity index (χ0n) is 13.6. The van der Waals surface area contributed by atoms with Gasteiger partial charge in [0, 0.05) is 44.9 Å². The summed E-state index contributed by atoms with van der Waals surface area (Å²) < 4.78 is 5.09. The third kappa shape index (κ3) is 2.93. The first-order valence-electron chi connectivity index (χ1n) is 7.67. The van der Waals surface area contributed by atoms with Gasteiger partial charge in [-0.2, -0.15) is 4.98 Å². The van der Waals surface area contributed by atoms with Crippen LogP contribution in [0.2, 0.25) is 0 Å². The summed E-state index contributed by atoms with van der Waals surface area (Å²) in [6.45, 7) is 3.82. The van der Waals surface area contributed by atoms with Crippen molar-refractivity contribution in [1.29, 1.82) is 0 Å². The van der Waals surface area contributed by atoms with Gasteiger partial charge in [-0.25, -0.2) is 4.98 Å². The Morgan fingerprint density at radius 2 is 2.09 bits per heavy atom. The standard InChI is InChI=1S/C15H21N5O3/c1-9-4-12(18-15(17-9)23-3)19-7-11(8-19)20-6-10(5-13(20)21)14(22)16-2/h4,10-11H,5-8H2,1-3H3,(H,16,22). The number of amides is 2. The van der Waals surface area contributed by atoms with E-state index in [9.17, 15) is 9.59 Å². The summed E-state index contributed by atoms with van der Waals surface area (Å²) in [4.78, 5) is 36.2. The van der Waals surface area contributed by atoms with E-state index in [0.717, 1.165) is 11.5 Å². The number of hydrogen-bond acceptors (Lipinski definition) is 6. The second kappa shape index (κ2) is 6.02. The minimum atomic E-state index is -0.233. The number of anilines is 1. The van der Waals surface area contributed by atoms with Crippen molar-refractivity contribution in [2.75, 3.05) is 38.7 Å². The van der Waals surface area contributed by atoms with Crippen LogP contribution in [-0.2, 0) is 9.59 Å². The smallest absolute Gasteiger partial charge is 0.318 e. The molecule has 23 heavy (non-hydrogen) atoms.